The Hall–Kier alpha value is -1.68. The number of nitrogens with one attached hydrogen (secondary N) is 2. The van der Waals surface area contributed by atoms with Crippen LogP contribution in [-0.2, 0) is 6.42 Å². The van der Waals surface area contributed by atoms with Crippen LogP contribution in [0.1, 0.15) is 17.2 Å². The first-order chi connectivity index (χ1) is 11.4. The van der Waals surface area contributed by atoms with E-state index < -0.39 is 0 Å². The summed E-state index contributed by atoms with van der Waals surface area (Å²) in [5.74, 6) is 0. The lowest BCUT2D eigenvalue weighted by atomic mass is 9.99. The Morgan fingerprint density at radius 1 is 0.913 bits per heavy atom. The van der Waals surface area contributed by atoms with E-state index in [0.29, 0.717) is 6.04 Å². The maximum Gasteiger partial charge on any atom is 0.0361 e. The smallest absolute Gasteiger partial charge is 0.0361 e. The summed E-state index contributed by atoms with van der Waals surface area (Å²) in [6.07, 6.45) is 1.03. The maximum atomic E-state index is 3.77. The molecule has 1 aliphatic heterocycles. The van der Waals surface area contributed by atoms with E-state index in [4.69, 9.17) is 0 Å². The SMILES string of the molecule is c1ccc(CC(NCCN2CCNCC2)c2ccccc2)cc1. The van der Waals surface area contributed by atoms with Crippen LogP contribution in [0.15, 0.2) is 60.7 Å². The largest absolute Gasteiger partial charge is 0.314 e. The van der Waals surface area contributed by atoms with E-state index in [0.717, 1.165) is 45.7 Å². The third-order valence-corrected chi connectivity index (χ3v) is 4.51. The quantitative estimate of drug-likeness (QED) is 0.823. The Labute approximate surface area is 139 Å². The van der Waals surface area contributed by atoms with Crippen LogP contribution < -0.4 is 10.6 Å². The lowest BCUT2D eigenvalue weighted by Crippen LogP contribution is -2.46. The second-order valence-corrected chi connectivity index (χ2v) is 6.20. The molecule has 1 unspecified atom stereocenters. The van der Waals surface area contributed by atoms with E-state index >= 15 is 0 Å². The summed E-state index contributed by atoms with van der Waals surface area (Å²) in [5, 5.41) is 7.18. The van der Waals surface area contributed by atoms with Crippen LogP contribution in [0.4, 0.5) is 0 Å². The first-order valence-electron chi connectivity index (χ1n) is 8.67. The standard InChI is InChI=1S/C20H27N3/c1-3-7-18(8-4-1)17-20(19-9-5-2-6-10-19)22-13-16-23-14-11-21-12-15-23/h1-10,20-22H,11-17H2. The molecule has 3 rings (SSSR count). The molecule has 1 fully saturated rings. The monoisotopic (exact) mass is 309 g/mol. The average molecular weight is 309 g/mol. The molecule has 0 radical (unpaired) electrons. The van der Waals surface area contributed by atoms with Crippen LogP contribution >= 0.6 is 0 Å². The Morgan fingerprint density at radius 3 is 2.26 bits per heavy atom. The number of hydrogen-bond acceptors (Lipinski definition) is 3. The second-order valence-electron chi connectivity index (χ2n) is 6.20. The minimum Gasteiger partial charge on any atom is -0.314 e. The van der Waals surface area contributed by atoms with Gasteiger partial charge < -0.3 is 10.6 Å². The minimum absolute atomic E-state index is 0.376. The van der Waals surface area contributed by atoms with Crippen LogP contribution in [0.5, 0.6) is 0 Å². The van der Waals surface area contributed by atoms with Crippen molar-refractivity contribution in [3.05, 3.63) is 71.8 Å². The predicted octanol–water partition coefficient (Wildman–Crippen LogP) is 2.47. The normalized spacial score (nSPS) is 17.0. The van der Waals surface area contributed by atoms with Crippen LogP contribution in [0.2, 0.25) is 0 Å². The topological polar surface area (TPSA) is 27.3 Å². The molecule has 0 saturated carbocycles. The van der Waals surface area contributed by atoms with Crippen molar-refractivity contribution < 1.29 is 0 Å². The first-order valence-corrected chi connectivity index (χ1v) is 8.67. The summed E-state index contributed by atoms with van der Waals surface area (Å²) in [7, 11) is 0. The fourth-order valence-corrected chi connectivity index (χ4v) is 3.17. The fraction of sp³-hybridized carbons (Fsp3) is 0.400. The van der Waals surface area contributed by atoms with E-state index in [1.54, 1.807) is 0 Å². The zero-order chi connectivity index (χ0) is 15.7. The molecule has 0 amide bonds. The zero-order valence-corrected chi connectivity index (χ0v) is 13.7. The molecule has 2 N–H and O–H groups in total. The lowest BCUT2D eigenvalue weighted by molar-refractivity contribution is 0.238. The fourth-order valence-electron chi connectivity index (χ4n) is 3.17. The Morgan fingerprint density at radius 2 is 1.57 bits per heavy atom. The summed E-state index contributed by atoms with van der Waals surface area (Å²) in [6.45, 7) is 6.72. The van der Waals surface area contributed by atoms with Gasteiger partial charge in [0.15, 0.2) is 0 Å². The summed E-state index contributed by atoms with van der Waals surface area (Å²) >= 11 is 0. The lowest BCUT2D eigenvalue weighted by Gasteiger charge is -2.28. The molecule has 2 aromatic rings. The zero-order valence-electron chi connectivity index (χ0n) is 13.7. The molecule has 23 heavy (non-hydrogen) atoms. The van der Waals surface area contributed by atoms with E-state index in [-0.39, 0.29) is 0 Å². The average Bonchev–Trinajstić information content (AvgIpc) is 2.63. The van der Waals surface area contributed by atoms with Crippen molar-refractivity contribution in [1.82, 2.24) is 15.5 Å². The van der Waals surface area contributed by atoms with Gasteiger partial charge in [-0.05, 0) is 17.5 Å². The van der Waals surface area contributed by atoms with Crippen molar-refractivity contribution in [3.63, 3.8) is 0 Å². The second kappa shape index (κ2) is 8.82. The highest BCUT2D eigenvalue weighted by Crippen LogP contribution is 2.18. The molecule has 0 aliphatic carbocycles. The highest BCUT2D eigenvalue weighted by molar-refractivity contribution is 5.23. The molecule has 1 saturated heterocycles. The van der Waals surface area contributed by atoms with Crippen molar-refractivity contribution in [2.24, 2.45) is 0 Å². The number of benzene rings is 2. The Balaban J connectivity index is 1.58. The highest BCUT2D eigenvalue weighted by atomic mass is 15.2. The van der Waals surface area contributed by atoms with E-state index in [1.165, 1.54) is 11.1 Å². The van der Waals surface area contributed by atoms with Gasteiger partial charge in [0.25, 0.3) is 0 Å². The summed E-state index contributed by atoms with van der Waals surface area (Å²) < 4.78 is 0. The molecule has 0 aromatic heterocycles. The van der Waals surface area contributed by atoms with Crippen molar-refractivity contribution in [2.75, 3.05) is 39.3 Å². The van der Waals surface area contributed by atoms with Gasteiger partial charge in [0, 0.05) is 45.3 Å². The van der Waals surface area contributed by atoms with Gasteiger partial charge in [0.05, 0.1) is 0 Å². The molecular formula is C20H27N3. The van der Waals surface area contributed by atoms with Crippen molar-refractivity contribution in [2.45, 2.75) is 12.5 Å². The van der Waals surface area contributed by atoms with Gasteiger partial charge in [-0.15, -0.1) is 0 Å². The number of hydrogen-bond donors (Lipinski definition) is 2. The summed E-state index contributed by atoms with van der Waals surface area (Å²) in [6, 6.07) is 21.9. The van der Waals surface area contributed by atoms with Gasteiger partial charge in [-0.25, -0.2) is 0 Å². The summed E-state index contributed by atoms with van der Waals surface area (Å²) in [5.41, 5.74) is 2.76. The molecule has 0 bridgehead atoms. The molecule has 1 atom stereocenters. The van der Waals surface area contributed by atoms with Gasteiger partial charge in [-0.3, -0.25) is 4.90 Å². The Kier molecular flexibility index (Phi) is 6.21. The summed E-state index contributed by atoms with van der Waals surface area (Å²) in [4.78, 5) is 2.54. The van der Waals surface area contributed by atoms with E-state index in [1.807, 2.05) is 0 Å². The first kappa shape index (κ1) is 16.2. The van der Waals surface area contributed by atoms with Gasteiger partial charge in [-0.1, -0.05) is 60.7 Å². The van der Waals surface area contributed by atoms with E-state index in [2.05, 4.69) is 76.2 Å². The molecular weight excluding hydrogens is 282 g/mol. The van der Waals surface area contributed by atoms with Gasteiger partial charge in [0.2, 0.25) is 0 Å². The number of rotatable bonds is 7. The highest BCUT2D eigenvalue weighted by Gasteiger charge is 2.13. The molecule has 2 aromatic carbocycles. The van der Waals surface area contributed by atoms with Crippen molar-refractivity contribution in [3.8, 4) is 0 Å². The molecule has 1 aliphatic rings. The van der Waals surface area contributed by atoms with Crippen molar-refractivity contribution in [1.29, 1.82) is 0 Å². The van der Waals surface area contributed by atoms with E-state index in [9.17, 15) is 0 Å². The number of piperazine rings is 1. The van der Waals surface area contributed by atoms with Gasteiger partial charge in [0.1, 0.15) is 0 Å². The third kappa shape index (κ3) is 5.17. The van der Waals surface area contributed by atoms with Crippen LogP contribution in [-0.4, -0.2) is 44.2 Å². The minimum atomic E-state index is 0.376. The van der Waals surface area contributed by atoms with Crippen molar-refractivity contribution >= 4 is 0 Å². The Bertz CT molecular complexity index is 550. The molecule has 3 heteroatoms. The van der Waals surface area contributed by atoms with Gasteiger partial charge >= 0.3 is 0 Å². The van der Waals surface area contributed by atoms with Gasteiger partial charge in [-0.2, -0.15) is 0 Å². The third-order valence-electron chi connectivity index (χ3n) is 4.51. The predicted molar refractivity (Wildman–Crippen MR) is 96.6 cm³/mol. The number of nitrogens with zero attached hydrogens (tertiary/aromatic N) is 1. The van der Waals surface area contributed by atoms with Crippen LogP contribution in [0, 0.1) is 0 Å². The van der Waals surface area contributed by atoms with Crippen LogP contribution in [0.3, 0.4) is 0 Å². The molecule has 3 nitrogen and oxygen atoms in total. The maximum absolute atomic E-state index is 3.77. The molecule has 0 spiro atoms. The van der Waals surface area contributed by atoms with Crippen LogP contribution in [0.25, 0.3) is 0 Å². The molecule has 1 heterocycles. The molecule has 122 valence electrons.